The van der Waals surface area contributed by atoms with Crippen molar-refractivity contribution in [3.63, 3.8) is 0 Å². The van der Waals surface area contributed by atoms with Crippen molar-refractivity contribution in [1.82, 2.24) is 20.5 Å². The number of benzene rings is 1. The summed E-state index contributed by atoms with van der Waals surface area (Å²) in [4.78, 5) is 7.11. The summed E-state index contributed by atoms with van der Waals surface area (Å²) in [5, 5.41) is 27.2. The van der Waals surface area contributed by atoms with Crippen molar-refractivity contribution >= 4 is 10.9 Å². The van der Waals surface area contributed by atoms with Crippen molar-refractivity contribution in [3.8, 4) is 17.9 Å². The van der Waals surface area contributed by atoms with Crippen LogP contribution in [0.3, 0.4) is 0 Å². The molecule has 2 N–H and O–H groups in total. The molecule has 7 nitrogen and oxygen atoms in total. The first-order valence-electron chi connectivity index (χ1n) is 12.0. The highest BCUT2D eigenvalue weighted by molar-refractivity contribution is 5.84. The Balaban J connectivity index is 1.82. The van der Waals surface area contributed by atoms with E-state index < -0.39 is 0 Å². The molecule has 3 fully saturated rings. The molecular formula is C27H32N6O. The Hall–Kier alpha value is -3.55. The Morgan fingerprint density at radius 1 is 1.35 bits per heavy atom. The highest BCUT2D eigenvalue weighted by Crippen LogP contribution is 2.42. The van der Waals surface area contributed by atoms with E-state index in [-0.39, 0.29) is 17.7 Å². The number of piperidine rings is 3. The van der Waals surface area contributed by atoms with Crippen LogP contribution in [0.15, 0.2) is 54.5 Å². The molecule has 4 heterocycles. The van der Waals surface area contributed by atoms with Crippen LogP contribution in [0.2, 0.25) is 0 Å². The molecule has 1 aromatic carbocycles. The Labute approximate surface area is 201 Å². The molecular weight excluding hydrogens is 424 g/mol. The number of hydrogen-bond acceptors (Lipinski definition) is 7. The number of rotatable bonds is 9. The summed E-state index contributed by atoms with van der Waals surface area (Å²) >= 11 is 0. The Kier molecular flexibility index (Phi) is 7.35. The van der Waals surface area contributed by atoms with Crippen molar-refractivity contribution in [2.24, 2.45) is 11.8 Å². The molecule has 3 saturated heterocycles. The van der Waals surface area contributed by atoms with Gasteiger partial charge >= 0.3 is 0 Å². The van der Waals surface area contributed by atoms with Gasteiger partial charge in [0.2, 0.25) is 0 Å². The second-order valence-electron chi connectivity index (χ2n) is 9.05. The van der Waals surface area contributed by atoms with Crippen LogP contribution >= 0.6 is 0 Å². The van der Waals surface area contributed by atoms with Gasteiger partial charge in [-0.3, -0.25) is 9.88 Å². The van der Waals surface area contributed by atoms with Gasteiger partial charge in [-0.15, -0.1) is 6.58 Å². The average Bonchev–Trinajstić information content (AvgIpc) is 2.90. The van der Waals surface area contributed by atoms with Gasteiger partial charge in [-0.2, -0.15) is 10.5 Å². The Morgan fingerprint density at radius 2 is 2.18 bits per heavy atom. The standard InChI is InChI=1S/C27H32N6O/c1-4-10-31-27(20(15-28)16-29)32-26(25-13-19-9-12-33(25)17-18(19)5-2)22-8-11-30-24-7-6-21(34-3)14-23(22)24/h5-8,11,14,18-19,25-26,31-32H,2,4,9-10,12-13,17H2,1,3H3/t18-,19-,25-,26-/m0/s1. The molecule has 34 heavy (non-hydrogen) atoms. The quantitative estimate of drug-likeness (QED) is 0.434. The zero-order valence-corrected chi connectivity index (χ0v) is 19.9. The van der Waals surface area contributed by atoms with E-state index in [1.165, 1.54) is 6.42 Å². The molecule has 0 amide bonds. The summed E-state index contributed by atoms with van der Waals surface area (Å²) in [6.45, 7) is 8.81. The van der Waals surface area contributed by atoms with E-state index in [4.69, 9.17) is 4.74 Å². The molecule has 1 unspecified atom stereocenters. The SMILES string of the molecule is C=C[C@H]1CN2CC[C@H]1C[C@H]2[C@@H](NC(NCCC)=C(C#N)C#N)c1ccnc2ccc(OC)cc12. The summed E-state index contributed by atoms with van der Waals surface area (Å²) in [7, 11) is 1.66. The molecule has 5 atom stereocenters. The van der Waals surface area contributed by atoms with E-state index in [1.54, 1.807) is 7.11 Å². The number of nitrogens with zero attached hydrogens (tertiary/aromatic N) is 4. The summed E-state index contributed by atoms with van der Waals surface area (Å²) in [6, 6.07) is 12.1. The van der Waals surface area contributed by atoms with Gasteiger partial charge in [0, 0.05) is 30.7 Å². The molecule has 0 radical (unpaired) electrons. The zero-order valence-electron chi connectivity index (χ0n) is 19.9. The number of methoxy groups -OCH3 is 1. The van der Waals surface area contributed by atoms with Crippen molar-refractivity contribution < 1.29 is 4.74 Å². The fourth-order valence-corrected chi connectivity index (χ4v) is 5.40. The van der Waals surface area contributed by atoms with E-state index in [0.29, 0.717) is 24.2 Å². The second kappa shape index (κ2) is 10.6. The van der Waals surface area contributed by atoms with Crippen LogP contribution in [-0.4, -0.2) is 42.7 Å². The second-order valence-corrected chi connectivity index (χ2v) is 9.05. The molecule has 7 heteroatoms. The van der Waals surface area contributed by atoms with E-state index in [2.05, 4.69) is 52.2 Å². The highest BCUT2D eigenvalue weighted by atomic mass is 16.5. The molecule has 176 valence electrons. The number of fused-ring (bicyclic) bond motifs is 4. The molecule has 5 rings (SSSR count). The third-order valence-corrected chi connectivity index (χ3v) is 7.18. The topological polar surface area (TPSA) is 97.0 Å². The Bertz CT molecular complexity index is 1140. The van der Waals surface area contributed by atoms with Gasteiger partial charge in [-0.05, 0) is 67.5 Å². The van der Waals surface area contributed by atoms with Crippen molar-refractivity contribution in [2.45, 2.75) is 38.3 Å². The van der Waals surface area contributed by atoms with Crippen LogP contribution in [-0.2, 0) is 0 Å². The van der Waals surface area contributed by atoms with Gasteiger partial charge < -0.3 is 15.4 Å². The predicted octanol–water partition coefficient (Wildman–Crippen LogP) is 4.03. The monoisotopic (exact) mass is 456 g/mol. The lowest BCUT2D eigenvalue weighted by molar-refractivity contribution is 0.00253. The number of ether oxygens (including phenoxy) is 1. The first-order chi connectivity index (χ1) is 16.6. The van der Waals surface area contributed by atoms with Crippen LogP contribution in [0.1, 0.15) is 37.8 Å². The van der Waals surface area contributed by atoms with Gasteiger partial charge in [0.1, 0.15) is 23.7 Å². The van der Waals surface area contributed by atoms with E-state index in [9.17, 15) is 10.5 Å². The largest absolute Gasteiger partial charge is 0.497 e. The summed E-state index contributed by atoms with van der Waals surface area (Å²) < 4.78 is 5.51. The summed E-state index contributed by atoms with van der Waals surface area (Å²) in [5.41, 5.74) is 2.04. The van der Waals surface area contributed by atoms with Crippen molar-refractivity contribution in [2.75, 3.05) is 26.7 Å². The predicted molar refractivity (Wildman–Crippen MR) is 132 cm³/mol. The van der Waals surface area contributed by atoms with Gasteiger partial charge in [-0.1, -0.05) is 13.0 Å². The van der Waals surface area contributed by atoms with Crippen LogP contribution < -0.4 is 15.4 Å². The molecule has 1 aromatic heterocycles. The lowest BCUT2D eigenvalue weighted by atomic mass is 9.73. The lowest BCUT2D eigenvalue weighted by Crippen LogP contribution is -2.57. The molecule has 2 aromatic rings. The minimum atomic E-state index is -0.137. The number of nitrogens with one attached hydrogen (secondary N) is 2. The maximum absolute atomic E-state index is 9.64. The Morgan fingerprint density at radius 3 is 2.82 bits per heavy atom. The number of allylic oxidation sites excluding steroid dienone is 1. The summed E-state index contributed by atoms with van der Waals surface area (Å²) in [5.74, 6) is 2.35. The third-order valence-electron chi connectivity index (χ3n) is 7.18. The molecule has 0 saturated carbocycles. The molecule has 3 aliphatic rings. The fourth-order valence-electron chi connectivity index (χ4n) is 5.40. The highest BCUT2D eigenvalue weighted by Gasteiger charge is 2.43. The molecule has 0 aliphatic carbocycles. The smallest absolute Gasteiger partial charge is 0.169 e. The number of pyridine rings is 1. The number of aromatic nitrogens is 1. The number of nitriles is 2. The van der Waals surface area contributed by atoms with Gasteiger partial charge in [0.15, 0.2) is 5.57 Å². The third kappa shape index (κ3) is 4.58. The molecule has 2 bridgehead atoms. The van der Waals surface area contributed by atoms with Gasteiger partial charge in [0.25, 0.3) is 0 Å². The van der Waals surface area contributed by atoms with Crippen LogP contribution in [0.4, 0.5) is 0 Å². The van der Waals surface area contributed by atoms with Crippen LogP contribution in [0.25, 0.3) is 10.9 Å². The van der Waals surface area contributed by atoms with Gasteiger partial charge in [0.05, 0.1) is 18.7 Å². The maximum Gasteiger partial charge on any atom is 0.169 e. The number of hydrogen-bond donors (Lipinski definition) is 2. The van der Waals surface area contributed by atoms with E-state index >= 15 is 0 Å². The normalized spacial score (nSPS) is 23.9. The van der Waals surface area contributed by atoms with Crippen LogP contribution in [0, 0.1) is 34.5 Å². The maximum atomic E-state index is 9.64. The molecule has 0 spiro atoms. The first kappa shape index (κ1) is 23.6. The average molecular weight is 457 g/mol. The fraction of sp³-hybridized carbons (Fsp3) is 0.444. The lowest BCUT2D eigenvalue weighted by Gasteiger charge is -2.52. The van der Waals surface area contributed by atoms with Crippen molar-refractivity contribution in [3.05, 3.63) is 60.1 Å². The van der Waals surface area contributed by atoms with Gasteiger partial charge in [-0.25, -0.2) is 0 Å². The first-order valence-corrected chi connectivity index (χ1v) is 12.0. The minimum Gasteiger partial charge on any atom is -0.497 e. The van der Waals surface area contributed by atoms with Crippen LogP contribution in [0.5, 0.6) is 5.75 Å². The van der Waals surface area contributed by atoms with E-state index in [0.717, 1.165) is 48.1 Å². The minimum absolute atomic E-state index is 0.0642. The molecule has 3 aliphatic heterocycles. The van der Waals surface area contributed by atoms with E-state index in [1.807, 2.05) is 30.5 Å². The van der Waals surface area contributed by atoms with Crippen molar-refractivity contribution in [1.29, 1.82) is 10.5 Å². The summed E-state index contributed by atoms with van der Waals surface area (Å²) in [6.07, 6.45) is 7.01. The zero-order chi connectivity index (χ0) is 24.1.